The number of nitrogens with one attached hydrogen (secondary N) is 1. The summed E-state index contributed by atoms with van der Waals surface area (Å²) in [5.74, 6) is -0.879. The molecular weight excluding hydrogens is 290 g/mol. The summed E-state index contributed by atoms with van der Waals surface area (Å²) in [5.41, 5.74) is 1.04. The van der Waals surface area contributed by atoms with E-state index in [9.17, 15) is 9.59 Å². The van der Waals surface area contributed by atoms with E-state index in [1.165, 1.54) is 0 Å². The third-order valence-electron chi connectivity index (χ3n) is 4.57. The first-order valence-electron chi connectivity index (χ1n) is 7.26. The Morgan fingerprint density at radius 1 is 1.24 bits per heavy atom. The minimum atomic E-state index is -0.877. The SMILES string of the molecule is CC1CC1C(NC(=O)C1CC1C(=O)O)c1ccc(Cl)cc1. The predicted molar refractivity (Wildman–Crippen MR) is 78.8 cm³/mol. The lowest BCUT2D eigenvalue weighted by Gasteiger charge is -2.19. The van der Waals surface area contributed by atoms with Gasteiger partial charge in [0.05, 0.1) is 17.9 Å². The molecule has 0 saturated heterocycles. The van der Waals surface area contributed by atoms with Crippen molar-refractivity contribution in [3.05, 3.63) is 34.9 Å². The summed E-state index contributed by atoms with van der Waals surface area (Å²) in [6.45, 7) is 2.16. The van der Waals surface area contributed by atoms with E-state index >= 15 is 0 Å². The van der Waals surface area contributed by atoms with Crippen LogP contribution in [0.2, 0.25) is 5.02 Å². The molecule has 1 aromatic carbocycles. The molecule has 0 radical (unpaired) electrons. The largest absolute Gasteiger partial charge is 0.481 e. The lowest BCUT2D eigenvalue weighted by Crippen LogP contribution is -2.32. The van der Waals surface area contributed by atoms with Gasteiger partial charge in [0.2, 0.25) is 5.91 Å². The number of benzene rings is 1. The van der Waals surface area contributed by atoms with Crippen molar-refractivity contribution in [1.82, 2.24) is 5.32 Å². The van der Waals surface area contributed by atoms with Crippen LogP contribution in [0, 0.1) is 23.7 Å². The highest BCUT2D eigenvalue weighted by molar-refractivity contribution is 6.30. The van der Waals surface area contributed by atoms with E-state index < -0.39 is 11.9 Å². The third-order valence-corrected chi connectivity index (χ3v) is 4.82. The van der Waals surface area contributed by atoms with Crippen LogP contribution in [0.1, 0.15) is 31.4 Å². The zero-order valence-electron chi connectivity index (χ0n) is 11.8. The van der Waals surface area contributed by atoms with Crippen molar-refractivity contribution in [3.63, 3.8) is 0 Å². The molecule has 3 rings (SSSR count). The first-order valence-corrected chi connectivity index (χ1v) is 7.64. The molecular formula is C16H18ClNO3. The van der Waals surface area contributed by atoms with E-state index in [2.05, 4.69) is 12.2 Å². The van der Waals surface area contributed by atoms with Gasteiger partial charge in [0.1, 0.15) is 0 Å². The van der Waals surface area contributed by atoms with Crippen molar-refractivity contribution < 1.29 is 14.7 Å². The van der Waals surface area contributed by atoms with Gasteiger partial charge in [0.25, 0.3) is 0 Å². The molecule has 0 aromatic heterocycles. The molecule has 0 aliphatic heterocycles. The molecule has 2 N–H and O–H groups in total. The lowest BCUT2D eigenvalue weighted by molar-refractivity contribution is -0.140. The molecule has 2 aliphatic rings. The van der Waals surface area contributed by atoms with Gasteiger partial charge in [-0.2, -0.15) is 0 Å². The van der Waals surface area contributed by atoms with Gasteiger partial charge < -0.3 is 10.4 Å². The highest BCUT2D eigenvalue weighted by atomic mass is 35.5. The van der Waals surface area contributed by atoms with E-state index in [4.69, 9.17) is 16.7 Å². The van der Waals surface area contributed by atoms with E-state index in [1.807, 2.05) is 24.3 Å². The van der Waals surface area contributed by atoms with Gasteiger partial charge in [-0.1, -0.05) is 30.7 Å². The van der Waals surface area contributed by atoms with Crippen LogP contribution in [0.15, 0.2) is 24.3 Å². The van der Waals surface area contributed by atoms with Crippen LogP contribution in [-0.2, 0) is 9.59 Å². The number of carbonyl (C=O) groups is 2. The Labute approximate surface area is 128 Å². The van der Waals surface area contributed by atoms with Crippen molar-refractivity contribution in [3.8, 4) is 0 Å². The van der Waals surface area contributed by atoms with Crippen LogP contribution in [0.25, 0.3) is 0 Å². The minimum absolute atomic E-state index is 0.0418. The second kappa shape index (κ2) is 5.34. The zero-order valence-corrected chi connectivity index (χ0v) is 12.5. The first kappa shape index (κ1) is 14.4. The second-order valence-electron chi connectivity index (χ2n) is 6.20. The topological polar surface area (TPSA) is 66.4 Å². The lowest BCUT2D eigenvalue weighted by atomic mass is 10.0. The molecule has 5 heteroatoms. The molecule has 4 nitrogen and oxygen atoms in total. The van der Waals surface area contributed by atoms with Crippen LogP contribution in [0.5, 0.6) is 0 Å². The number of amides is 1. The predicted octanol–water partition coefficient (Wildman–Crippen LogP) is 2.87. The standard InChI is InChI=1S/C16H18ClNO3/c1-8-6-11(8)14(9-2-4-10(17)5-3-9)18-15(19)12-7-13(12)16(20)21/h2-5,8,11-14H,6-7H2,1H3,(H,18,19)(H,20,21). The number of rotatable bonds is 5. The Morgan fingerprint density at radius 2 is 1.86 bits per heavy atom. The number of carboxylic acids is 1. The van der Waals surface area contributed by atoms with Gasteiger partial charge in [0.15, 0.2) is 0 Å². The number of aliphatic carboxylic acids is 1. The van der Waals surface area contributed by atoms with Gasteiger partial charge in [-0.05, 0) is 42.4 Å². The molecule has 2 saturated carbocycles. The molecule has 5 atom stereocenters. The molecule has 0 bridgehead atoms. The smallest absolute Gasteiger partial charge is 0.307 e. The summed E-state index contributed by atoms with van der Waals surface area (Å²) in [6.07, 6.45) is 1.54. The maximum atomic E-state index is 12.2. The minimum Gasteiger partial charge on any atom is -0.481 e. The van der Waals surface area contributed by atoms with Crippen molar-refractivity contribution in [2.75, 3.05) is 0 Å². The average Bonchev–Trinajstić information content (AvgIpc) is 3.32. The molecule has 2 fully saturated rings. The monoisotopic (exact) mass is 307 g/mol. The van der Waals surface area contributed by atoms with Crippen molar-refractivity contribution in [2.24, 2.45) is 23.7 Å². The van der Waals surface area contributed by atoms with Crippen molar-refractivity contribution >= 4 is 23.5 Å². The number of hydrogen-bond acceptors (Lipinski definition) is 2. The summed E-state index contributed by atoms with van der Waals surface area (Å²) < 4.78 is 0. The summed E-state index contributed by atoms with van der Waals surface area (Å²) in [5, 5.41) is 12.6. The Morgan fingerprint density at radius 3 is 2.33 bits per heavy atom. The van der Waals surface area contributed by atoms with Crippen molar-refractivity contribution in [2.45, 2.75) is 25.8 Å². The Bertz CT molecular complexity index is 571. The van der Waals surface area contributed by atoms with E-state index in [0.29, 0.717) is 23.3 Å². The molecule has 1 amide bonds. The second-order valence-corrected chi connectivity index (χ2v) is 6.64. The summed E-state index contributed by atoms with van der Waals surface area (Å²) in [7, 11) is 0. The highest BCUT2D eigenvalue weighted by Crippen LogP contribution is 2.48. The maximum Gasteiger partial charge on any atom is 0.307 e. The maximum absolute atomic E-state index is 12.2. The summed E-state index contributed by atoms with van der Waals surface area (Å²) in [6, 6.07) is 7.46. The fraction of sp³-hybridized carbons (Fsp3) is 0.500. The number of carboxylic acid groups (broad SMARTS) is 1. The van der Waals surface area contributed by atoms with Crippen LogP contribution >= 0.6 is 11.6 Å². The molecule has 5 unspecified atom stereocenters. The van der Waals surface area contributed by atoms with Gasteiger partial charge in [-0.3, -0.25) is 9.59 Å². The van der Waals surface area contributed by atoms with Gasteiger partial charge in [0, 0.05) is 5.02 Å². The van der Waals surface area contributed by atoms with Crippen LogP contribution in [-0.4, -0.2) is 17.0 Å². The Kier molecular flexibility index (Phi) is 3.66. The quantitative estimate of drug-likeness (QED) is 0.879. The number of hydrogen-bond donors (Lipinski definition) is 2. The van der Waals surface area contributed by atoms with Gasteiger partial charge >= 0.3 is 5.97 Å². The van der Waals surface area contributed by atoms with Crippen LogP contribution in [0.3, 0.4) is 0 Å². The fourth-order valence-corrected chi connectivity index (χ4v) is 3.07. The molecule has 2 aliphatic carbocycles. The normalized spacial score (nSPS) is 31.3. The molecule has 112 valence electrons. The third kappa shape index (κ3) is 3.05. The van der Waals surface area contributed by atoms with E-state index in [1.54, 1.807) is 0 Å². The Hall–Kier alpha value is -1.55. The molecule has 21 heavy (non-hydrogen) atoms. The Balaban J connectivity index is 1.70. The molecule has 0 spiro atoms. The molecule has 0 heterocycles. The summed E-state index contributed by atoms with van der Waals surface area (Å²) >= 11 is 5.91. The number of halogens is 1. The first-order chi connectivity index (χ1) is 9.97. The van der Waals surface area contributed by atoms with E-state index in [-0.39, 0.29) is 17.9 Å². The average molecular weight is 308 g/mol. The van der Waals surface area contributed by atoms with Gasteiger partial charge in [-0.15, -0.1) is 0 Å². The van der Waals surface area contributed by atoms with Gasteiger partial charge in [-0.25, -0.2) is 0 Å². The van der Waals surface area contributed by atoms with E-state index in [0.717, 1.165) is 12.0 Å². The fourth-order valence-electron chi connectivity index (χ4n) is 2.94. The molecule has 1 aromatic rings. The van der Waals surface area contributed by atoms with Crippen molar-refractivity contribution in [1.29, 1.82) is 0 Å². The van der Waals surface area contributed by atoms with Crippen LogP contribution < -0.4 is 5.32 Å². The summed E-state index contributed by atoms with van der Waals surface area (Å²) in [4.78, 5) is 23.1. The number of carbonyl (C=O) groups excluding carboxylic acids is 1. The zero-order chi connectivity index (χ0) is 15.1. The van der Waals surface area contributed by atoms with Crippen LogP contribution in [0.4, 0.5) is 0 Å². The highest BCUT2D eigenvalue weighted by Gasteiger charge is 2.50.